The minimum Gasteiger partial charge on any atom is -0.371 e. The number of nitrogens with one attached hydrogen (secondary N) is 1. The van der Waals surface area contributed by atoms with Crippen LogP contribution in [0.4, 0.5) is 5.82 Å². The molecular weight excluding hydrogens is 416 g/mol. The van der Waals surface area contributed by atoms with Crippen molar-refractivity contribution < 1.29 is 37.8 Å². The second kappa shape index (κ2) is 6.54. The number of imidazole rings is 1. The molecule has 4 atom stereocenters. The third-order valence-corrected chi connectivity index (χ3v) is 6.45. The topological polar surface area (TPSA) is 189 Å². The van der Waals surface area contributed by atoms with Crippen molar-refractivity contribution in [3.05, 3.63) is 12.7 Å². The summed E-state index contributed by atoms with van der Waals surface area (Å²) in [6.07, 6.45) is 2.66. The number of aromatic nitrogens is 4. The molecule has 13 nitrogen and oxygen atoms in total. The summed E-state index contributed by atoms with van der Waals surface area (Å²) >= 11 is 0. The number of phosphoric ester groups is 2. The van der Waals surface area contributed by atoms with Gasteiger partial charge in [-0.05, 0) is 18.8 Å². The van der Waals surface area contributed by atoms with Crippen molar-refractivity contribution in [1.29, 1.82) is 0 Å². The molecule has 2 aliphatic rings. The smallest absolute Gasteiger partial charge is 0.371 e. The van der Waals surface area contributed by atoms with Gasteiger partial charge in [-0.3, -0.25) is 9.05 Å². The van der Waals surface area contributed by atoms with E-state index in [4.69, 9.17) is 14.3 Å². The summed E-state index contributed by atoms with van der Waals surface area (Å²) in [4.78, 5) is 49.3. The Hall–Kier alpha value is -1.43. The largest absolute Gasteiger partial charge is 0.469 e. The van der Waals surface area contributed by atoms with Crippen LogP contribution in [0.25, 0.3) is 11.2 Å². The molecular formula is C13H19N5O8P2. The quantitative estimate of drug-likeness (QED) is 0.377. The van der Waals surface area contributed by atoms with E-state index in [9.17, 15) is 18.9 Å². The van der Waals surface area contributed by atoms with Crippen molar-refractivity contribution in [1.82, 2.24) is 19.5 Å². The molecule has 0 saturated heterocycles. The Labute approximate surface area is 158 Å². The highest BCUT2D eigenvalue weighted by molar-refractivity contribution is 7.46. The second-order valence-corrected chi connectivity index (χ2v) is 9.42. The van der Waals surface area contributed by atoms with Gasteiger partial charge in [0.05, 0.1) is 19.0 Å². The first-order valence-electron chi connectivity index (χ1n) is 8.33. The molecule has 15 heteroatoms. The van der Waals surface area contributed by atoms with Crippen LogP contribution in [0.1, 0.15) is 18.9 Å². The fourth-order valence-corrected chi connectivity index (χ4v) is 5.26. The van der Waals surface area contributed by atoms with E-state index in [1.165, 1.54) is 6.33 Å². The first kappa shape index (κ1) is 19.9. The number of fused-ring (bicyclic) bond motifs is 2. The maximum atomic E-state index is 11.4. The Morgan fingerprint density at radius 1 is 1.25 bits per heavy atom. The Morgan fingerprint density at radius 2 is 2.00 bits per heavy atom. The number of nitrogens with zero attached hydrogens (tertiary/aromatic N) is 4. The van der Waals surface area contributed by atoms with Crippen LogP contribution < -0.4 is 5.32 Å². The minimum absolute atomic E-state index is 0.166. The Bertz CT molecular complexity index is 1000. The van der Waals surface area contributed by atoms with Crippen LogP contribution in [0, 0.1) is 11.3 Å². The van der Waals surface area contributed by atoms with E-state index in [1.54, 1.807) is 17.9 Å². The van der Waals surface area contributed by atoms with E-state index < -0.39 is 27.2 Å². The van der Waals surface area contributed by atoms with E-state index in [2.05, 4.69) is 24.8 Å². The van der Waals surface area contributed by atoms with Crippen LogP contribution in [-0.2, 0) is 18.2 Å². The first-order chi connectivity index (χ1) is 13.0. The molecule has 0 bridgehead atoms. The Morgan fingerprint density at radius 3 is 2.64 bits per heavy atom. The maximum Gasteiger partial charge on any atom is 0.469 e. The summed E-state index contributed by atoms with van der Waals surface area (Å²) in [7, 11) is -7.85. The van der Waals surface area contributed by atoms with Gasteiger partial charge < -0.3 is 29.5 Å². The predicted molar refractivity (Wildman–Crippen MR) is 94.0 cm³/mol. The molecule has 2 aromatic heterocycles. The normalized spacial score (nSPS) is 29.8. The molecule has 0 aliphatic heterocycles. The molecule has 4 rings (SSSR count). The van der Waals surface area contributed by atoms with Crippen LogP contribution in [-0.4, -0.2) is 58.9 Å². The molecule has 0 amide bonds. The molecule has 154 valence electrons. The SMILES string of the molecule is CNc1ncnc2c1ncn2[C@H]1C[C@H](OP(=O)(O)O)C2(COP(=O)(O)O)C[C@H]12. The molecule has 1 unspecified atom stereocenters. The zero-order valence-corrected chi connectivity index (χ0v) is 16.4. The summed E-state index contributed by atoms with van der Waals surface area (Å²) in [6, 6.07) is -0.276. The van der Waals surface area contributed by atoms with E-state index in [-0.39, 0.29) is 25.0 Å². The van der Waals surface area contributed by atoms with Gasteiger partial charge in [0.15, 0.2) is 11.5 Å². The van der Waals surface area contributed by atoms with Crippen molar-refractivity contribution in [2.45, 2.75) is 25.0 Å². The van der Waals surface area contributed by atoms with E-state index in [0.29, 0.717) is 23.4 Å². The Balaban J connectivity index is 1.67. The fraction of sp³-hybridized carbons (Fsp3) is 0.615. The third kappa shape index (κ3) is 3.49. The van der Waals surface area contributed by atoms with Crippen LogP contribution in [0.5, 0.6) is 0 Å². The van der Waals surface area contributed by atoms with Crippen LogP contribution in [0.3, 0.4) is 0 Å². The highest BCUT2D eigenvalue weighted by Crippen LogP contribution is 2.71. The molecule has 2 aliphatic carbocycles. The second-order valence-electron chi connectivity index (χ2n) is 6.99. The van der Waals surface area contributed by atoms with Crippen LogP contribution >= 0.6 is 15.6 Å². The zero-order valence-electron chi connectivity index (χ0n) is 14.6. The molecule has 2 heterocycles. The number of hydrogen-bond donors (Lipinski definition) is 5. The van der Waals surface area contributed by atoms with Gasteiger partial charge in [-0.25, -0.2) is 24.1 Å². The summed E-state index contributed by atoms with van der Waals surface area (Å²) < 4.78 is 34.0. The van der Waals surface area contributed by atoms with Gasteiger partial charge in [-0.2, -0.15) is 0 Å². The molecule has 2 aromatic rings. The monoisotopic (exact) mass is 435 g/mol. The standard InChI is InChI=1S/C13H19N5O8P2/c1-14-11-10-12(16-5-15-11)18(6-17-10)8-2-9(26-28(22,23)24)13(3-7(8)13)4-25-27(19,20)21/h5-9H,2-4H2,1H3,(H,14,15,16)(H2,19,20,21)(H2,22,23,24)/t7-,8+,9+,13?/m1/s1. The van der Waals surface area contributed by atoms with Crippen molar-refractivity contribution in [3.8, 4) is 0 Å². The highest BCUT2D eigenvalue weighted by Gasteiger charge is 2.70. The molecule has 2 fully saturated rings. The van der Waals surface area contributed by atoms with Gasteiger partial charge in [0.25, 0.3) is 0 Å². The number of anilines is 1. The maximum absolute atomic E-state index is 11.4. The number of phosphoric acid groups is 2. The fourth-order valence-electron chi connectivity index (χ4n) is 4.22. The molecule has 2 saturated carbocycles. The summed E-state index contributed by atoms with van der Waals surface area (Å²) in [5, 5.41) is 2.92. The van der Waals surface area contributed by atoms with Gasteiger partial charge in [-0.1, -0.05) is 0 Å². The molecule has 0 spiro atoms. The van der Waals surface area contributed by atoms with Crippen molar-refractivity contribution in [2.75, 3.05) is 19.0 Å². The van der Waals surface area contributed by atoms with Crippen LogP contribution in [0.2, 0.25) is 0 Å². The summed E-state index contributed by atoms with van der Waals surface area (Å²) in [5.41, 5.74) is 0.183. The van der Waals surface area contributed by atoms with E-state index in [0.717, 1.165) is 0 Å². The number of hydrogen-bond acceptors (Lipinski definition) is 8. The van der Waals surface area contributed by atoms with Crippen molar-refractivity contribution >= 4 is 32.6 Å². The molecule has 5 N–H and O–H groups in total. The zero-order chi connectivity index (χ0) is 20.3. The molecule has 28 heavy (non-hydrogen) atoms. The van der Waals surface area contributed by atoms with E-state index >= 15 is 0 Å². The average Bonchev–Trinajstić information content (AvgIpc) is 3.05. The first-order valence-corrected chi connectivity index (χ1v) is 11.4. The van der Waals surface area contributed by atoms with Crippen LogP contribution in [0.15, 0.2) is 12.7 Å². The lowest BCUT2D eigenvalue weighted by Gasteiger charge is -2.24. The lowest BCUT2D eigenvalue weighted by molar-refractivity contribution is 0.0499. The van der Waals surface area contributed by atoms with Gasteiger partial charge >= 0.3 is 15.6 Å². The number of rotatable bonds is 7. The van der Waals surface area contributed by atoms with Gasteiger partial charge in [-0.15, -0.1) is 0 Å². The Kier molecular flexibility index (Phi) is 4.64. The van der Waals surface area contributed by atoms with Crippen molar-refractivity contribution in [2.24, 2.45) is 11.3 Å². The van der Waals surface area contributed by atoms with Gasteiger partial charge in [0, 0.05) is 18.5 Å². The van der Waals surface area contributed by atoms with Crippen molar-refractivity contribution in [3.63, 3.8) is 0 Å². The lowest BCUT2D eigenvalue weighted by Crippen LogP contribution is -2.26. The average molecular weight is 435 g/mol. The molecule has 0 aromatic carbocycles. The third-order valence-electron chi connectivity index (χ3n) is 5.46. The molecule has 0 radical (unpaired) electrons. The van der Waals surface area contributed by atoms with Gasteiger partial charge in [0.2, 0.25) is 0 Å². The minimum atomic E-state index is -4.81. The summed E-state index contributed by atoms with van der Waals surface area (Å²) in [5.74, 6) is 0.373. The van der Waals surface area contributed by atoms with Gasteiger partial charge in [0.1, 0.15) is 11.8 Å². The highest BCUT2D eigenvalue weighted by atomic mass is 31.2. The predicted octanol–water partition coefficient (Wildman–Crippen LogP) is 0.406. The van der Waals surface area contributed by atoms with E-state index in [1.807, 2.05) is 0 Å². The summed E-state index contributed by atoms with van der Waals surface area (Å²) in [6.45, 7) is -0.369. The lowest BCUT2D eigenvalue weighted by atomic mass is 10.0.